The van der Waals surface area contributed by atoms with E-state index in [1.165, 1.54) is 148 Å². The van der Waals surface area contributed by atoms with Crippen molar-refractivity contribution in [1.29, 1.82) is 0 Å². The van der Waals surface area contributed by atoms with E-state index in [0.29, 0.717) is 23.9 Å². The maximum absolute atomic E-state index is 13.0. The van der Waals surface area contributed by atoms with Gasteiger partial charge in [0.15, 0.2) is 0 Å². The molecule has 3 unspecified atom stereocenters. The van der Waals surface area contributed by atoms with Crippen molar-refractivity contribution in [2.45, 2.75) is 276 Å². The molecule has 0 fully saturated rings. The zero-order valence-electron chi connectivity index (χ0n) is 50.6. The number of nitrogens with one attached hydrogen (secondary N) is 1. The third-order valence-electron chi connectivity index (χ3n) is 13.7. The number of nitrogens with zero attached hydrogens (tertiary/aromatic N) is 1. The molecule has 0 spiro atoms. The largest absolute Gasteiger partial charge is 0.756 e. The number of aliphatic hydroxyl groups is 1. The van der Waals surface area contributed by atoms with Crippen molar-refractivity contribution in [3.63, 3.8) is 0 Å². The molecule has 0 aliphatic rings. The molecule has 0 aromatic rings. The average Bonchev–Trinajstić information content (AvgIpc) is 3.39. The molecule has 1 amide bonds. The van der Waals surface area contributed by atoms with Crippen LogP contribution in [0.2, 0.25) is 0 Å². The third-order valence-corrected chi connectivity index (χ3v) is 14.7. The van der Waals surface area contributed by atoms with E-state index in [1.54, 1.807) is 6.08 Å². The van der Waals surface area contributed by atoms with E-state index in [4.69, 9.17) is 9.05 Å². The van der Waals surface area contributed by atoms with E-state index in [-0.39, 0.29) is 12.5 Å². The Bertz CT molecular complexity index is 1620. The summed E-state index contributed by atoms with van der Waals surface area (Å²) in [5.41, 5.74) is 0. The second kappa shape index (κ2) is 57.8. The lowest BCUT2D eigenvalue weighted by molar-refractivity contribution is -0.870. The number of amides is 1. The average molecular weight is 1090 g/mol. The molecule has 0 bridgehead atoms. The van der Waals surface area contributed by atoms with Crippen molar-refractivity contribution in [1.82, 2.24) is 5.32 Å². The fourth-order valence-corrected chi connectivity index (χ4v) is 9.50. The summed E-state index contributed by atoms with van der Waals surface area (Å²) in [4.78, 5) is 25.5. The number of carbonyl (C=O) groups is 1. The third kappa shape index (κ3) is 60.6. The van der Waals surface area contributed by atoms with Crippen LogP contribution < -0.4 is 10.2 Å². The number of quaternary nitrogens is 1. The number of rotatable bonds is 57. The summed E-state index contributed by atoms with van der Waals surface area (Å²) in [6.45, 7) is 4.49. The lowest BCUT2D eigenvalue weighted by Gasteiger charge is -2.29. The van der Waals surface area contributed by atoms with Gasteiger partial charge < -0.3 is 28.8 Å². The summed E-state index contributed by atoms with van der Waals surface area (Å²) in [5, 5.41) is 13.9. The summed E-state index contributed by atoms with van der Waals surface area (Å²) in [6.07, 6.45) is 84.9. The maximum atomic E-state index is 13.0. The van der Waals surface area contributed by atoms with Crippen molar-refractivity contribution in [2.24, 2.45) is 0 Å². The van der Waals surface area contributed by atoms with Gasteiger partial charge in [-0.1, -0.05) is 271 Å². The van der Waals surface area contributed by atoms with Crippen LogP contribution in [-0.2, 0) is 18.4 Å². The van der Waals surface area contributed by atoms with Crippen LogP contribution in [0.4, 0.5) is 0 Å². The number of allylic oxidation sites excluding steroid dienone is 17. The van der Waals surface area contributed by atoms with Gasteiger partial charge in [0, 0.05) is 6.42 Å². The topological polar surface area (TPSA) is 108 Å². The number of carbonyl (C=O) groups excluding carboxylic acids is 1. The normalized spacial score (nSPS) is 14.5. The van der Waals surface area contributed by atoms with Gasteiger partial charge in [-0.05, 0) is 96.3 Å². The van der Waals surface area contributed by atoms with Crippen molar-refractivity contribution in [3.05, 3.63) is 109 Å². The quantitative estimate of drug-likeness (QED) is 0.0272. The minimum Gasteiger partial charge on any atom is -0.756 e. The molecule has 0 aromatic heterocycles. The first kappa shape index (κ1) is 74.2. The smallest absolute Gasteiger partial charge is 0.268 e. The molecule has 8 nitrogen and oxygen atoms in total. The van der Waals surface area contributed by atoms with Crippen molar-refractivity contribution >= 4 is 13.7 Å². The van der Waals surface area contributed by atoms with Crippen LogP contribution in [-0.4, -0.2) is 68.5 Å². The molecular weight excluding hydrogens is 972 g/mol. The second-order valence-electron chi connectivity index (χ2n) is 22.4. The van der Waals surface area contributed by atoms with Crippen LogP contribution in [0.15, 0.2) is 109 Å². The van der Waals surface area contributed by atoms with Crippen molar-refractivity contribution in [3.8, 4) is 0 Å². The number of hydrogen-bond acceptors (Lipinski definition) is 6. The van der Waals surface area contributed by atoms with E-state index < -0.39 is 26.6 Å². The van der Waals surface area contributed by atoms with Crippen LogP contribution in [0.5, 0.6) is 0 Å². The minimum atomic E-state index is -4.63. The van der Waals surface area contributed by atoms with E-state index in [2.05, 4.69) is 116 Å². The number of phosphoric ester groups is 1. The molecule has 0 aliphatic heterocycles. The molecule has 444 valence electrons. The standard InChI is InChI=1S/C68H121N2O6P/c1-6-8-10-12-14-16-18-20-22-24-26-28-30-31-32-33-34-35-36-37-38-40-41-43-45-47-49-51-53-55-57-59-61-67(71)66(65-76-77(73,74)75-64-63-70(3,4)5)69-68(72)62-60-58-56-54-52-50-48-46-44-42-39-29-27-25-23-21-19-17-15-13-11-9-7-2/h9,11,15,17,21,23,27,29,42-45,48,50-51,53,59,61,66-67,71H,6-8,10,12-14,16,18-20,22,24-26,28,30-41,46-47,49,52,54-58,60,62-65H2,1-5H3,(H-,69,72,73,74)/b11-9-,17-15-,23-21-,29-27-,44-42-,45-43+,50-48-,53-51+,61-59+. The molecule has 0 saturated heterocycles. The van der Waals surface area contributed by atoms with Crippen LogP contribution in [0.1, 0.15) is 264 Å². The predicted molar refractivity (Wildman–Crippen MR) is 334 cm³/mol. The second-order valence-corrected chi connectivity index (χ2v) is 23.8. The highest BCUT2D eigenvalue weighted by Gasteiger charge is 2.23. The SMILES string of the molecule is CC/C=C\C/C=C\C/C=C\C/C=C\C/C=C\C/C=C\CCCCCCC(=O)NC(COP(=O)([O-])OCC[N+](C)(C)C)C(O)/C=C/CC/C=C/CC/C=C/CCCCCCCCCCCCCCCCCCCCCCCC. The monoisotopic (exact) mass is 1090 g/mol. The molecule has 0 rings (SSSR count). The maximum Gasteiger partial charge on any atom is 0.268 e. The van der Waals surface area contributed by atoms with Crippen LogP contribution >= 0.6 is 7.82 Å². The lowest BCUT2D eigenvalue weighted by Crippen LogP contribution is -2.45. The number of likely N-dealkylation sites (N-methyl/N-ethyl adjacent to an activating group) is 1. The number of hydrogen-bond donors (Lipinski definition) is 2. The molecule has 0 aromatic carbocycles. The highest BCUT2D eigenvalue weighted by molar-refractivity contribution is 7.45. The Morgan fingerprint density at radius 2 is 0.805 bits per heavy atom. The number of phosphoric acid groups is 1. The highest BCUT2D eigenvalue weighted by Crippen LogP contribution is 2.38. The molecule has 0 heterocycles. The first-order chi connectivity index (χ1) is 37.5. The minimum absolute atomic E-state index is 0.0205. The molecule has 3 atom stereocenters. The Morgan fingerprint density at radius 1 is 0.468 bits per heavy atom. The predicted octanol–water partition coefficient (Wildman–Crippen LogP) is 19.3. The lowest BCUT2D eigenvalue weighted by atomic mass is 10.0. The Balaban J connectivity index is 4.26. The van der Waals surface area contributed by atoms with Gasteiger partial charge in [-0.3, -0.25) is 9.36 Å². The van der Waals surface area contributed by atoms with Gasteiger partial charge in [-0.15, -0.1) is 0 Å². The Morgan fingerprint density at radius 3 is 1.21 bits per heavy atom. The molecule has 77 heavy (non-hydrogen) atoms. The summed E-state index contributed by atoms with van der Waals surface area (Å²) in [5.74, 6) is -0.238. The molecule has 0 radical (unpaired) electrons. The van der Waals surface area contributed by atoms with Gasteiger partial charge in [-0.25, -0.2) is 0 Å². The summed E-state index contributed by atoms with van der Waals surface area (Å²) in [7, 11) is 1.20. The first-order valence-electron chi connectivity index (χ1n) is 31.7. The summed E-state index contributed by atoms with van der Waals surface area (Å²) in [6, 6.07) is -0.933. The zero-order valence-corrected chi connectivity index (χ0v) is 51.5. The Hall–Kier alpha value is -2.84. The van der Waals surface area contributed by atoms with Crippen LogP contribution in [0.3, 0.4) is 0 Å². The molecule has 2 N–H and O–H groups in total. The van der Waals surface area contributed by atoms with Gasteiger partial charge in [-0.2, -0.15) is 0 Å². The molecular formula is C68H121N2O6P. The van der Waals surface area contributed by atoms with Gasteiger partial charge in [0.1, 0.15) is 13.2 Å². The van der Waals surface area contributed by atoms with E-state index in [0.717, 1.165) is 89.9 Å². The highest BCUT2D eigenvalue weighted by atomic mass is 31.2. The summed E-state index contributed by atoms with van der Waals surface area (Å²) < 4.78 is 23.3. The number of aliphatic hydroxyl groups excluding tert-OH is 1. The molecule has 0 saturated carbocycles. The van der Waals surface area contributed by atoms with Crippen molar-refractivity contribution in [2.75, 3.05) is 40.9 Å². The van der Waals surface area contributed by atoms with Gasteiger partial charge >= 0.3 is 0 Å². The van der Waals surface area contributed by atoms with Gasteiger partial charge in [0.25, 0.3) is 7.82 Å². The van der Waals surface area contributed by atoms with Gasteiger partial charge in [0.05, 0.1) is 39.9 Å². The van der Waals surface area contributed by atoms with E-state index >= 15 is 0 Å². The molecule has 0 aliphatic carbocycles. The van der Waals surface area contributed by atoms with Crippen molar-refractivity contribution < 1.29 is 32.9 Å². The number of unbranched alkanes of at least 4 members (excludes halogenated alkanes) is 28. The van der Waals surface area contributed by atoms with E-state index in [9.17, 15) is 19.4 Å². The molecule has 9 heteroatoms. The summed E-state index contributed by atoms with van der Waals surface area (Å²) >= 11 is 0. The van der Waals surface area contributed by atoms with E-state index in [1.807, 2.05) is 27.2 Å². The van der Waals surface area contributed by atoms with Gasteiger partial charge in [0.2, 0.25) is 5.91 Å². The fourth-order valence-electron chi connectivity index (χ4n) is 8.78. The Kier molecular flexibility index (Phi) is 55.7. The van der Waals surface area contributed by atoms with Crippen LogP contribution in [0, 0.1) is 0 Å². The Labute approximate surface area is 476 Å². The fraction of sp³-hybridized carbons (Fsp3) is 0.721. The zero-order chi connectivity index (χ0) is 56.3. The van der Waals surface area contributed by atoms with Crippen LogP contribution in [0.25, 0.3) is 0 Å². The first-order valence-corrected chi connectivity index (χ1v) is 33.2.